The molecule has 5 heteroatoms. The van der Waals surface area contributed by atoms with Crippen LogP contribution >= 0.6 is 0 Å². The van der Waals surface area contributed by atoms with Crippen LogP contribution in [0.1, 0.15) is 66.7 Å². The number of para-hydroxylation sites is 1. The molecule has 3 aromatic carbocycles. The quantitative estimate of drug-likeness (QED) is 0.379. The fourth-order valence-corrected chi connectivity index (χ4v) is 7.05. The minimum absolute atomic E-state index is 0.0469. The molecule has 0 radical (unpaired) electrons. The number of benzene rings is 3. The van der Waals surface area contributed by atoms with Crippen molar-refractivity contribution in [3.8, 4) is 0 Å². The van der Waals surface area contributed by atoms with Gasteiger partial charge in [0.05, 0.1) is 12.0 Å². The van der Waals surface area contributed by atoms with Crippen molar-refractivity contribution < 1.29 is 14.4 Å². The molecule has 1 amide bonds. The van der Waals surface area contributed by atoms with Gasteiger partial charge in [0.1, 0.15) is 11.5 Å². The molecule has 0 saturated carbocycles. The van der Waals surface area contributed by atoms with Crippen LogP contribution in [-0.4, -0.2) is 29.6 Å². The summed E-state index contributed by atoms with van der Waals surface area (Å²) >= 11 is 0. The van der Waals surface area contributed by atoms with E-state index in [0.717, 1.165) is 40.8 Å². The highest BCUT2D eigenvalue weighted by Crippen LogP contribution is 2.58. The van der Waals surface area contributed by atoms with E-state index in [1.165, 1.54) is 0 Å². The molecule has 0 bridgehead atoms. The van der Waals surface area contributed by atoms with Crippen molar-refractivity contribution in [2.24, 2.45) is 11.3 Å². The standard InChI is InChI=1S/C35H36N2O3/c1-6-9-22-13-15-23(16-14-22)31(38)29-30(32(39)34(3,4)5)37-27-18-12-21(2)20-24(27)17-19-28(37)35(29)25-10-7-8-11-26(25)36-33(35)40/h7-8,10-20,28-30H,6,9H2,1-5H3,(H,36,40)/t28-,29-,30-,35+/m1/s1. The maximum absolute atomic E-state index is 14.8. The van der Waals surface area contributed by atoms with Gasteiger partial charge in [0.15, 0.2) is 11.6 Å². The van der Waals surface area contributed by atoms with Crippen LogP contribution in [0.25, 0.3) is 6.08 Å². The average Bonchev–Trinajstić information content (AvgIpc) is 3.40. The molecule has 1 saturated heterocycles. The zero-order valence-electron chi connectivity index (χ0n) is 23.8. The van der Waals surface area contributed by atoms with E-state index in [9.17, 15) is 14.4 Å². The van der Waals surface area contributed by atoms with E-state index in [4.69, 9.17) is 0 Å². The Hall–Kier alpha value is -3.99. The molecule has 3 heterocycles. The van der Waals surface area contributed by atoms with Crippen molar-refractivity contribution in [2.45, 2.75) is 65.0 Å². The van der Waals surface area contributed by atoms with Crippen molar-refractivity contribution >= 4 is 34.9 Å². The molecule has 6 rings (SSSR count). The Bertz CT molecular complexity index is 1560. The monoisotopic (exact) mass is 532 g/mol. The number of nitrogens with zero attached hydrogens (tertiary/aromatic N) is 1. The first-order valence-electron chi connectivity index (χ1n) is 14.2. The van der Waals surface area contributed by atoms with Crippen LogP contribution in [0.15, 0.2) is 72.8 Å². The normalized spacial score (nSPS) is 24.5. The minimum Gasteiger partial charge on any atom is -0.352 e. The molecule has 3 aliphatic heterocycles. The van der Waals surface area contributed by atoms with Gasteiger partial charge in [0, 0.05) is 22.4 Å². The Labute approximate surface area is 236 Å². The van der Waals surface area contributed by atoms with Gasteiger partial charge in [0.25, 0.3) is 0 Å². The van der Waals surface area contributed by atoms with Gasteiger partial charge in [-0.05, 0) is 48.2 Å². The third kappa shape index (κ3) is 3.71. The van der Waals surface area contributed by atoms with Gasteiger partial charge in [0.2, 0.25) is 5.91 Å². The molecular formula is C35H36N2O3. The smallest absolute Gasteiger partial charge is 0.238 e. The SMILES string of the molecule is CCCc1ccc(C(=O)[C@H]2[C@H](C(=O)C(C)(C)C)N3c4ccc(C)cc4C=C[C@@H]3[C@]23C(=O)Nc2ccccc23)cc1. The van der Waals surface area contributed by atoms with Gasteiger partial charge in [-0.1, -0.05) is 100 Å². The zero-order chi connectivity index (χ0) is 28.4. The summed E-state index contributed by atoms with van der Waals surface area (Å²) in [6.07, 6.45) is 6.02. The molecule has 40 heavy (non-hydrogen) atoms. The van der Waals surface area contributed by atoms with E-state index in [-0.39, 0.29) is 17.5 Å². The van der Waals surface area contributed by atoms with Crippen molar-refractivity contribution in [2.75, 3.05) is 10.2 Å². The molecule has 204 valence electrons. The molecule has 3 aromatic rings. The fourth-order valence-electron chi connectivity index (χ4n) is 7.05. The highest BCUT2D eigenvalue weighted by molar-refractivity contribution is 6.17. The summed E-state index contributed by atoms with van der Waals surface area (Å²) in [6.45, 7) is 9.86. The number of ketones is 2. The van der Waals surface area contributed by atoms with Crippen LogP contribution in [0, 0.1) is 18.3 Å². The predicted octanol–water partition coefficient (Wildman–Crippen LogP) is 6.54. The lowest BCUT2D eigenvalue weighted by Gasteiger charge is -2.38. The summed E-state index contributed by atoms with van der Waals surface area (Å²) in [5.41, 5.74) is 4.16. The van der Waals surface area contributed by atoms with Crippen molar-refractivity contribution in [1.29, 1.82) is 0 Å². The molecule has 1 spiro atoms. The molecule has 0 aliphatic carbocycles. The molecule has 0 aromatic heterocycles. The number of aryl methyl sites for hydroxylation is 2. The first-order chi connectivity index (χ1) is 19.1. The average molecular weight is 533 g/mol. The van der Waals surface area contributed by atoms with Gasteiger partial charge in [-0.2, -0.15) is 0 Å². The molecule has 1 N–H and O–H groups in total. The topological polar surface area (TPSA) is 66.5 Å². The molecule has 4 atom stereocenters. The first kappa shape index (κ1) is 26.2. The van der Waals surface area contributed by atoms with E-state index in [2.05, 4.69) is 23.2 Å². The third-order valence-corrected chi connectivity index (χ3v) is 8.86. The number of Topliss-reactive ketones (excluding diaryl/α,β-unsaturated/α-hetero) is 2. The largest absolute Gasteiger partial charge is 0.352 e. The van der Waals surface area contributed by atoms with Crippen LogP contribution in [0.5, 0.6) is 0 Å². The summed E-state index contributed by atoms with van der Waals surface area (Å²) in [5, 5.41) is 3.09. The van der Waals surface area contributed by atoms with Crippen LogP contribution in [0.3, 0.4) is 0 Å². The van der Waals surface area contributed by atoms with E-state index < -0.39 is 28.8 Å². The number of nitrogens with one attached hydrogen (secondary N) is 1. The van der Waals surface area contributed by atoms with Gasteiger partial charge in [-0.3, -0.25) is 14.4 Å². The zero-order valence-corrected chi connectivity index (χ0v) is 23.8. The van der Waals surface area contributed by atoms with Gasteiger partial charge < -0.3 is 10.2 Å². The summed E-state index contributed by atoms with van der Waals surface area (Å²) in [5.74, 6) is -1.36. The highest BCUT2D eigenvalue weighted by atomic mass is 16.2. The predicted molar refractivity (Wildman–Crippen MR) is 160 cm³/mol. The second kappa shape index (κ2) is 9.29. The van der Waals surface area contributed by atoms with E-state index in [1.807, 2.05) is 101 Å². The van der Waals surface area contributed by atoms with Crippen LogP contribution in [0.2, 0.25) is 0 Å². The van der Waals surface area contributed by atoms with Crippen molar-refractivity contribution in [1.82, 2.24) is 0 Å². The number of anilines is 2. The van der Waals surface area contributed by atoms with Crippen molar-refractivity contribution in [3.05, 3.63) is 101 Å². The Morgan fingerprint density at radius 2 is 1.73 bits per heavy atom. The van der Waals surface area contributed by atoms with Gasteiger partial charge in [-0.15, -0.1) is 0 Å². The minimum atomic E-state index is -1.26. The van der Waals surface area contributed by atoms with E-state index in [1.54, 1.807) is 0 Å². The second-order valence-electron chi connectivity index (χ2n) is 12.5. The van der Waals surface area contributed by atoms with Crippen LogP contribution in [-0.2, 0) is 21.4 Å². The number of amides is 1. The lowest BCUT2D eigenvalue weighted by Crippen LogP contribution is -2.51. The van der Waals surface area contributed by atoms with E-state index >= 15 is 0 Å². The Morgan fingerprint density at radius 1 is 1.00 bits per heavy atom. The maximum Gasteiger partial charge on any atom is 0.238 e. The maximum atomic E-state index is 14.8. The molecule has 0 unspecified atom stereocenters. The summed E-state index contributed by atoms with van der Waals surface area (Å²) in [4.78, 5) is 45.7. The van der Waals surface area contributed by atoms with E-state index in [0.29, 0.717) is 11.3 Å². The van der Waals surface area contributed by atoms with Gasteiger partial charge in [-0.25, -0.2) is 0 Å². The summed E-state index contributed by atoms with van der Waals surface area (Å²) in [6, 6.07) is 20.2. The number of fused-ring (bicyclic) bond motifs is 6. The molecule has 3 aliphatic rings. The second-order valence-corrected chi connectivity index (χ2v) is 12.5. The third-order valence-electron chi connectivity index (χ3n) is 8.86. The number of carbonyl (C=O) groups is 3. The molecular weight excluding hydrogens is 496 g/mol. The summed E-state index contributed by atoms with van der Waals surface area (Å²) < 4.78 is 0. The van der Waals surface area contributed by atoms with Crippen molar-refractivity contribution in [3.63, 3.8) is 0 Å². The Kier molecular flexibility index (Phi) is 6.10. The van der Waals surface area contributed by atoms with Gasteiger partial charge >= 0.3 is 0 Å². The lowest BCUT2D eigenvalue weighted by molar-refractivity contribution is -0.128. The molecule has 1 fully saturated rings. The Balaban J connectivity index is 1.64. The summed E-state index contributed by atoms with van der Waals surface area (Å²) in [7, 11) is 0. The van der Waals surface area contributed by atoms with Crippen LogP contribution in [0.4, 0.5) is 11.4 Å². The highest BCUT2D eigenvalue weighted by Gasteiger charge is 2.70. The number of hydrogen-bond donors (Lipinski definition) is 1. The number of hydrogen-bond acceptors (Lipinski definition) is 4. The fraction of sp³-hybridized carbons (Fsp3) is 0.343. The first-order valence-corrected chi connectivity index (χ1v) is 14.2. The number of rotatable bonds is 5. The lowest BCUT2D eigenvalue weighted by atomic mass is 9.63. The molecule has 5 nitrogen and oxygen atoms in total. The Morgan fingerprint density at radius 3 is 2.42 bits per heavy atom. The number of carbonyl (C=O) groups excluding carboxylic acids is 3. The van der Waals surface area contributed by atoms with Crippen LogP contribution < -0.4 is 10.2 Å².